The molecule has 2 heterocycles. The molecule has 1 saturated heterocycles. The molecule has 8 heteroatoms. The van der Waals surface area contributed by atoms with Crippen LogP contribution in [-0.4, -0.2) is 36.0 Å². The van der Waals surface area contributed by atoms with Crippen LogP contribution in [0.2, 0.25) is 5.02 Å². The van der Waals surface area contributed by atoms with Gasteiger partial charge < -0.3 is 14.6 Å². The van der Waals surface area contributed by atoms with E-state index in [2.05, 4.69) is 6.07 Å². The number of aliphatic carboxylic acids is 1. The second-order valence-electron chi connectivity index (χ2n) is 6.25. The first-order valence-corrected chi connectivity index (χ1v) is 8.86. The number of carboxylic acids is 1. The summed E-state index contributed by atoms with van der Waals surface area (Å²) in [5, 5.41) is 19.4. The molecular weight excluding hydrogens is 384 g/mol. The van der Waals surface area contributed by atoms with E-state index < -0.39 is 11.5 Å². The molecule has 1 unspecified atom stereocenters. The van der Waals surface area contributed by atoms with Crippen molar-refractivity contribution in [3.63, 3.8) is 0 Å². The number of nitriles is 1. The summed E-state index contributed by atoms with van der Waals surface area (Å²) in [6, 6.07) is 7.98. The highest BCUT2D eigenvalue weighted by Crippen LogP contribution is 2.33. The fourth-order valence-electron chi connectivity index (χ4n) is 3.07. The van der Waals surface area contributed by atoms with E-state index in [0.717, 1.165) is 4.57 Å². The van der Waals surface area contributed by atoms with Crippen molar-refractivity contribution < 1.29 is 19.4 Å². The normalized spacial score (nSPS) is 16.6. The van der Waals surface area contributed by atoms with E-state index in [1.54, 1.807) is 18.2 Å². The molecule has 3 rings (SSSR count). The third-order valence-electron chi connectivity index (χ3n) is 4.47. The molecule has 0 bridgehead atoms. The molecule has 1 N–H and O–H groups in total. The molecule has 0 aliphatic carbocycles. The van der Waals surface area contributed by atoms with E-state index in [-0.39, 0.29) is 17.4 Å². The number of nitrogens with zero attached hydrogens (tertiary/aromatic N) is 2. The zero-order valence-electron chi connectivity index (χ0n) is 15.0. The van der Waals surface area contributed by atoms with Gasteiger partial charge >= 0.3 is 5.97 Å². The lowest BCUT2D eigenvalue weighted by atomic mass is 10.0. The van der Waals surface area contributed by atoms with Gasteiger partial charge in [0, 0.05) is 34.7 Å². The highest BCUT2D eigenvalue weighted by atomic mass is 35.5. The molecule has 0 saturated carbocycles. The average Bonchev–Trinajstić information content (AvgIpc) is 3.19. The van der Waals surface area contributed by atoms with E-state index in [1.165, 1.54) is 25.4 Å². The minimum atomic E-state index is -1.23. The number of benzene rings is 1. The molecule has 1 atom stereocenters. The lowest BCUT2D eigenvalue weighted by Crippen LogP contribution is -2.23. The zero-order valence-corrected chi connectivity index (χ0v) is 15.8. The van der Waals surface area contributed by atoms with Crippen LogP contribution in [0.5, 0.6) is 5.75 Å². The number of pyridine rings is 1. The minimum absolute atomic E-state index is 0.0817. The van der Waals surface area contributed by atoms with Crippen LogP contribution in [0.3, 0.4) is 0 Å². The van der Waals surface area contributed by atoms with Crippen molar-refractivity contribution in [2.24, 2.45) is 5.92 Å². The third-order valence-corrected chi connectivity index (χ3v) is 4.70. The maximum Gasteiger partial charge on any atom is 0.352 e. The van der Waals surface area contributed by atoms with Crippen molar-refractivity contribution in [1.29, 1.82) is 5.26 Å². The van der Waals surface area contributed by atoms with E-state index >= 15 is 0 Å². The molecular formula is C20H17ClN2O5. The predicted octanol–water partition coefficient (Wildman–Crippen LogP) is 3.01. The Kier molecular flexibility index (Phi) is 5.83. The van der Waals surface area contributed by atoms with Crippen molar-refractivity contribution >= 4 is 23.3 Å². The highest BCUT2D eigenvalue weighted by molar-refractivity contribution is 6.31. The van der Waals surface area contributed by atoms with Gasteiger partial charge in [0.2, 0.25) is 0 Å². The van der Waals surface area contributed by atoms with Gasteiger partial charge in [0.25, 0.3) is 5.56 Å². The third kappa shape index (κ3) is 3.93. The smallest absolute Gasteiger partial charge is 0.352 e. The van der Waals surface area contributed by atoms with Gasteiger partial charge in [-0.1, -0.05) is 11.6 Å². The first-order valence-electron chi connectivity index (χ1n) is 8.48. The van der Waals surface area contributed by atoms with Crippen LogP contribution >= 0.6 is 11.6 Å². The van der Waals surface area contributed by atoms with Gasteiger partial charge in [-0.2, -0.15) is 5.26 Å². The lowest BCUT2D eigenvalue weighted by molar-refractivity contribution is -0.130. The number of methoxy groups -OCH3 is 1. The number of carboxylic acid groups (broad SMARTS) is 1. The van der Waals surface area contributed by atoms with E-state index in [9.17, 15) is 20.0 Å². The second kappa shape index (κ2) is 8.30. The van der Waals surface area contributed by atoms with Gasteiger partial charge in [-0.15, -0.1) is 0 Å². The Morgan fingerprint density at radius 2 is 2.21 bits per heavy atom. The molecule has 28 heavy (non-hydrogen) atoms. The van der Waals surface area contributed by atoms with Crippen molar-refractivity contribution in [2.45, 2.75) is 6.42 Å². The highest BCUT2D eigenvalue weighted by Gasteiger charge is 2.21. The number of ether oxygens (including phenoxy) is 2. The number of hydrogen-bond donors (Lipinski definition) is 1. The van der Waals surface area contributed by atoms with Crippen molar-refractivity contribution in [1.82, 2.24) is 4.57 Å². The molecule has 7 nitrogen and oxygen atoms in total. The van der Waals surface area contributed by atoms with Gasteiger partial charge in [0.15, 0.2) is 0 Å². The molecule has 1 aromatic carbocycles. The summed E-state index contributed by atoms with van der Waals surface area (Å²) in [6.45, 7) is 0.964. The molecule has 0 radical (unpaired) electrons. The number of rotatable bonds is 5. The van der Waals surface area contributed by atoms with Gasteiger partial charge in [0.05, 0.1) is 31.5 Å². The molecule has 144 valence electrons. The number of halogens is 1. The van der Waals surface area contributed by atoms with Crippen LogP contribution in [-0.2, 0) is 9.53 Å². The van der Waals surface area contributed by atoms with Crippen LogP contribution in [0.15, 0.2) is 41.3 Å². The van der Waals surface area contributed by atoms with Gasteiger partial charge in [0.1, 0.15) is 11.4 Å². The quantitative estimate of drug-likeness (QED) is 0.774. The predicted molar refractivity (Wildman–Crippen MR) is 103 cm³/mol. The van der Waals surface area contributed by atoms with E-state index in [4.69, 9.17) is 21.1 Å². The SMILES string of the molecule is COc1cn(C(=CC2CCOC2)C(=O)O)c(=O)cc1-c1cc(Cl)ccc1C#N. The molecule has 0 spiro atoms. The summed E-state index contributed by atoms with van der Waals surface area (Å²) >= 11 is 6.05. The van der Waals surface area contributed by atoms with Crippen LogP contribution in [0.1, 0.15) is 12.0 Å². The summed E-state index contributed by atoms with van der Waals surface area (Å²) in [4.78, 5) is 24.5. The maximum atomic E-state index is 12.7. The van der Waals surface area contributed by atoms with Crippen LogP contribution < -0.4 is 10.3 Å². The monoisotopic (exact) mass is 400 g/mol. The topological polar surface area (TPSA) is 102 Å². The number of carbonyl (C=O) groups is 1. The van der Waals surface area contributed by atoms with Gasteiger partial charge in [-0.05, 0) is 30.7 Å². The van der Waals surface area contributed by atoms with Crippen LogP contribution in [0.25, 0.3) is 16.8 Å². The molecule has 2 aromatic rings. The Morgan fingerprint density at radius 3 is 2.82 bits per heavy atom. The molecule has 1 aliphatic rings. The number of aromatic nitrogens is 1. The Balaban J connectivity index is 2.17. The fraction of sp³-hybridized carbons (Fsp3) is 0.250. The fourth-order valence-corrected chi connectivity index (χ4v) is 3.25. The first kappa shape index (κ1) is 19.7. The zero-order chi connectivity index (χ0) is 20.3. The number of hydrogen-bond acceptors (Lipinski definition) is 5. The largest absolute Gasteiger partial charge is 0.495 e. The summed E-state index contributed by atoms with van der Waals surface area (Å²) in [7, 11) is 1.40. The van der Waals surface area contributed by atoms with Crippen molar-refractivity contribution in [3.05, 3.63) is 57.5 Å². The Bertz CT molecular complexity index is 1050. The molecule has 1 fully saturated rings. The van der Waals surface area contributed by atoms with Crippen molar-refractivity contribution in [3.8, 4) is 22.9 Å². The Morgan fingerprint density at radius 1 is 1.43 bits per heavy atom. The summed E-state index contributed by atoms with van der Waals surface area (Å²) in [6.07, 6.45) is 3.53. The van der Waals surface area contributed by atoms with Gasteiger partial charge in [-0.25, -0.2) is 4.79 Å². The summed E-state index contributed by atoms with van der Waals surface area (Å²) in [5.74, 6) is -1.07. The van der Waals surface area contributed by atoms with E-state index in [0.29, 0.717) is 41.3 Å². The minimum Gasteiger partial charge on any atom is -0.495 e. The summed E-state index contributed by atoms with van der Waals surface area (Å²) in [5.41, 5.74) is 0.374. The van der Waals surface area contributed by atoms with Crippen molar-refractivity contribution in [2.75, 3.05) is 20.3 Å². The molecule has 1 aromatic heterocycles. The Labute approximate surface area is 166 Å². The molecule has 0 amide bonds. The van der Waals surface area contributed by atoms with Crippen LogP contribution in [0, 0.1) is 17.2 Å². The summed E-state index contributed by atoms with van der Waals surface area (Å²) < 4.78 is 11.7. The van der Waals surface area contributed by atoms with Crippen LogP contribution in [0.4, 0.5) is 0 Å². The second-order valence-corrected chi connectivity index (χ2v) is 6.68. The Hall–Kier alpha value is -3.08. The van der Waals surface area contributed by atoms with E-state index in [1.807, 2.05) is 0 Å². The first-order chi connectivity index (χ1) is 13.4. The average molecular weight is 401 g/mol. The molecule has 1 aliphatic heterocycles. The maximum absolute atomic E-state index is 12.7. The standard InChI is InChI=1S/C20H17ClN2O5/c1-27-18-10-23(17(20(25)26)6-12-4-5-28-11-12)19(24)8-16(18)15-7-14(21)3-2-13(15)9-22/h2-3,6-8,10,12H,4-5,11H2,1H3,(H,25,26). The van der Waals surface area contributed by atoms with Gasteiger partial charge in [-0.3, -0.25) is 9.36 Å². The lowest BCUT2D eigenvalue weighted by Gasteiger charge is -2.15.